The molecule has 0 aliphatic rings. The highest BCUT2D eigenvalue weighted by molar-refractivity contribution is 5.50. The van der Waals surface area contributed by atoms with Gasteiger partial charge in [0.05, 0.1) is 6.07 Å². The summed E-state index contributed by atoms with van der Waals surface area (Å²) >= 11 is 0. The highest BCUT2D eigenvalue weighted by Gasteiger charge is 1.85. The van der Waals surface area contributed by atoms with Crippen LogP contribution in [0.4, 0.5) is 0 Å². The zero-order valence-corrected chi connectivity index (χ0v) is 6.28. The third-order valence-corrected chi connectivity index (χ3v) is 1.28. The van der Waals surface area contributed by atoms with Crippen molar-refractivity contribution >= 4 is 6.08 Å². The van der Waals surface area contributed by atoms with Crippen LogP contribution in [0.15, 0.2) is 24.4 Å². The fraction of sp³-hybridized carbons (Fsp3) is 0.111. The molecule has 54 valence electrons. The Hall–Kier alpha value is -1.62. The number of rotatable bonds is 1. The Labute approximate surface area is 65.8 Å². The summed E-state index contributed by atoms with van der Waals surface area (Å²) in [6, 6.07) is 5.76. The van der Waals surface area contributed by atoms with Crippen molar-refractivity contribution in [3.63, 3.8) is 0 Å². The minimum Gasteiger partial charge on any atom is -0.261 e. The lowest BCUT2D eigenvalue weighted by Gasteiger charge is -1.91. The van der Waals surface area contributed by atoms with Crippen LogP contribution in [0.5, 0.6) is 0 Å². The van der Waals surface area contributed by atoms with Crippen LogP contribution in [-0.2, 0) is 0 Å². The van der Waals surface area contributed by atoms with Gasteiger partial charge < -0.3 is 0 Å². The fourth-order valence-corrected chi connectivity index (χ4v) is 0.711. The Morgan fingerprint density at radius 1 is 1.55 bits per heavy atom. The molecule has 11 heavy (non-hydrogen) atoms. The molecule has 0 aliphatic heterocycles. The van der Waals surface area contributed by atoms with Crippen LogP contribution in [-0.4, -0.2) is 4.98 Å². The first kappa shape index (κ1) is 7.49. The van der Waals surface area contributed by atoms with Gasteiger partial charge in [-0.25, -0.2) is 0 Å². The molecule has 0 amide bonds. The molecule has 2 heteroatoms. The lowest BCUT2D eigenvalue weighted by molar-refractivity contribution is 1.19. The van der Waals surface area contributed by atoms with Gasteiger partial charge in [-0.2, -0.15) is 5.26 Å². The molecule has 0 aromatic carbocycles. The highest BCUT2D eigenvalue weighted by Crippen LogP contribution is 2.00. The molecule has 0 spiro atoms. The first-order chi connectivity index (χ1) is 5.33. The Morgan fingerprint density at radius 3 is 2.91 bits per heavy atom. The molecule has 0 atom stereocenters. The van der Waals surface area contributed by atoms with Crippen LogP contribution in [0.1, 0.15) is 11.3 Å². The molecule has 0 unspecified atom stereocenters. The van der Waals surface area contributed by atoms with Crippen LogP contribution >= 0.6 is 0 Å². The number of hydrogen-bond donors (Lipinski definition) is 0. The summed E-state index contributed by atoms with van der Waals surface area (Å²) in [7, 11) is 0. The van der Waals surface area contributed by atoms with Gasteiger partial charge in [0.1, 0.15) is 0 Å². The number of pyridine rings is 1. The summed E-state index contributed by atoms with van der Waals surface area (Å²) in [6.07, 6.45) is 4.90. The van der Waals surface area contributed by atoms with Crippen LogP contribution < -0.4 is 0 Å². The zero-order valence-electron chi connectivity index (χ0n) is 6.28. The zero-order chi connectivity index (χ0) is 8.10. The Balaban J connectivity index is 2.84. The maximum Gasteiger partial charge on any atom is 0.0912 e. The quantitative estimate of drug-likeness (QED) is 0.564. The van der Waals surface area contributed by atoms with E-state index in [9.17, 15) is 0 Å². The molecule has 1 rings (SSSR count). The van der Waals surface area contributed by atoms with Gasteiger partial charge in [-0.05, 0) is 24.6 Å². The van der Waals surface area contributed by atoms with Gasteiger partial charge in [0.25, 0.3) is 0 Å². The molecular formula is C9H8N2. The molecule has 1 aromatic heterocycles. The number of hydrogen-bond acceptors (Lipinski definition) is 2. The van der Waals surface area contributed by atoms with Crippen LogP contribution in [0.25, 0.3) is 6.08 Å². The van der Waals surface area contributed by atoms with Crippen LogP contribution in [0, 0.1) is 18.3 Å². The lowest BCUT2D eigenvalue weighted by atomic mass is 10.2. The number of allylic oxidation sites excluding steroid dienone is 1. The van der Waals surface area contributed by atoms with Crippen molar-refractivity contribution in [3.8, 4) is 6.07 Å². The molecule has 0 bridgehead atoms. The summed E-state index contributed by atoms with van der Waals surface area (Å²) in [5.41, 5.74) is 1.94. The molecule has 0 aliphatic carbocycles. The predicted octanol–water partition coefficient (Wildman–Crippen LogP) is 1.93. The Morgan fingerprint density at radius 2 is 2.36 bits per heavy atom. The SMILES string of the molecule is Cc1ccc(/C=C/C#N)cn1. The first-order valence-electron chi connectivity index (χ1n) is 3.32. The van der Waals surface area contributed by atoms with Crippen LogP contribution in [0.3, 0.4) is 0 Å². The highest BCUT2D eigenvalue weighted by atomic mass is 14.6. The molecule has 0 N–H and O–H groups in total. The Kier molecular flexibility index (Phi) is 2.40. The average molecular weight is 144 g/mol. The van der Waals surface area contributed by atoms with Crippen molar-refractivity contribution < 1.29 is 0 Å². The van der Waals surface area contributed by atoms with E-state index in [0.717, 1.165) is 11.3 Å². The summed E-state index contributed by atoms with van der Waals surface area (Å²) in [5.74, 6) is 0. The summed E-state index contributed by atoms with van der Waals surface area (Å²) < 4.78 is 0. The van der Waals surface area contributed by atoms with Gasteiger partial charge in [0, 0.05) is 18.0 Å². The van der Waals surface area contributed by atoms with Crippen molar-refractivity contribution in [1.29, 1.82) is 5.26 Å². The minimum absolute atomic E-state index is 0.956. The van der Waals surface area contributed by atoms with Gasteiger partial charge in [0.2, 0.25) is 0 Å². The van der Waals surface area contributed by atoms with Crippen molar-refractivity contribution in [2.24, 2.45) is 0 Å². The van der Waals surface area contributed by atoms with Crippen molar-refractivity contribution in [3.05, 3.63) is 35.7 Å². The van der Waals surface area contributed by atoms with E-state index in [2.05, 4.69) is 4.98 Å². The van der Waals surface area contributed by atoms with Crippen molar-refractivity contribution in [2.45, 2.75) is 6.92 Å². The van der Waals surface area contributed by atoms with Gasteiger partial charge >= 0.3 is 0 Å². The van der Waals surface area contributed by atoms with E-state index in [1.165, 1.54) is 6.08 Å². The largest absolute Gasteiger partial charge is 0.261 e. The van der Waals surface area contributed by atoms with E-state index < -0.39 is 0 Å². The molecular weight excluding hydrogens is 136 g/mol. The van der Waals surface area contributed by atoms with Gasteiger partial charge in [-0.1, -0.05) is 6.07 Å². The lowest BCUT2D eigenvalue weighted by Crippen LogP contribution is -1.79. The second-order valence-electron chi connectivity index (χ2n) is 2.20. The minimum atomic E-state index is 0.956. The molecule has 0 saturated carbocycles. The number of nitriles is 1. The maximum absolute atomic E-state index is 8.22. The van der Waals surface area contributed by atoms with Gasteiger partial charge in [0.15, 0.2) is 0 Å². The normalized spacial score (nSPS) is 9.82. The van der Waals surface area contributed by atoms with E-state index in [-0.39, 0.29) is 0 Å². The third kappa shape index (κ3) is 2.23. The topological polar surface area (TPSA) is 36.7 Å². The molecule has 1 aromatic rings. The average Bonchev–Trinajstić information content (AvgIpc) is 2.04. The Bertz CT molecular complexity index is 290. The maximum atomic E-state index is 8.22. The summed E-state index contributed by atoms with van der Waals surface area (Å²) in [4.78, 5) is 4.07. The van der Waals surface area contributed by atoms with E-state index in [1.54, 1.807) is 12.3 Å². The molecule has 0 saturated heterocycles. The van der Waals surface area contributed by atoms with E-state index in [0.29, 0.717) is 0 Å². The predicted molar refractivity (Wildman–Crippen MR) is 43.6 cm³/mol. The van der Waals surface area contributed by atoms with Gasteiger partial charge in [-0.15, -0.1) is 0 Å². The molecule has 2 nitrogen and oxygen atoms in total. The van der Waals surface area contributed by atoms with Crippen molar-refractivity contribution in [1.82, 2.24) is 4.98 Å². The first-order valence-corrected chi connectivity index (χ1v) is 3.32. The van der Waals surface area contributed by atoms with E-state index in [1.807, 2.05) is 25.1 Å². The second kappa shape index (κ2) is 3.52. The smallest absolute Gasteiger partial charge is 0.0912 e. The summed E-state index contributed by atoms with van der Waals surface area (Å²) in [6.45, 7) is 1.93. The fourth-order valence-electron chi connectivity index (χ4n) is 0.711. The second-order valence-corrected chi connectivity index (χ2v) is 2.20. The van der Waals surface area contributed by atoms with E-state index >= 15 is 0 Å². The molecule has 0 fully saturated rings. The number of aromatic nitrogens is 1. The number of nitrogens with zero attached hydrogens (tertiary/aromatic N) is 2. The molecule has 0 radical (unpaired) electrons. The van der Waals surface area contributed by atoms with Crippen LogP contribution in [0.2, 0.25) is 0 Å². The molecule has 1 heterocycles. The number of aryl methyl sites for hydroxylation is 1. The van der Waals surface area contributed by atoms with E-state index in [4.69, 9.17) is 5.26 Å². The standard InChI is InChI=1S/C9H8N2/c1-8-4-5-9(7-11-8)3-2-6-10/h2-5,7H,1H3/b3-2+. The van der Waals surface area contributed by atoms with Crippen molar-refractivity contribution in [2.75, 3.05) is 0 Å². The monoisotopic (exact) mass is 144 g/mol. The van der Waals surface area contributed by atoms with Gasteiger partial charge in [-0.3, -0.25) is 4.98 Å². The third-order valence-electron chi connectivity index (χ3n) is 1.28. The summed E-state index contributed by atoms with van der Waals surface area (Å²) in [5, 5.41) is 8.22.